The second-order valence-electron chi connectivity index (χ2n) is 3.18. The molecule has 0 fully saturated rings. The molecule has 0 spiro atoms. The first kappa shape index (κ1) is 13.4. The normalized spacial score (nSPS) is 10.2. The van der Waals surface area contributed by atoms with Gasteiger partial charge in [0.15, 0.2) is 0 Å². The van der Waals surface area contributed by atoms with E-state index in [0.29, 0.717) is 0 Å². The van der Waals surface area contributed by atoms with E-state index in [0.717, 1.165) is 10.0 Å². The molecule has 0 bridgehead atoms. The van der Waals surface area contributed by atoms with Gasteiger partial charge in [-0.05, 0) is 23.8 Å². The Hall–Kier alpha value is -1.62. The zero-order chi connectivity index (χ0) is 12.7. The molecule has 0 saturated heterocycles. The van der Waals surface area contributed by atoms with Crippen molar-refractivity contribution < 1.29 is 14.3 Å². The lowest BCUT2D eigenvalue weighted by Crippen LogP contribution is -2.28. The number of halogens is 1. The number of amides is 1. The van der Waals surface area contributed by atoms with Gasteiger partial charge in [0.05, 0.1) is 7.11 Å². The van der Waals surface area contributed by atoms with E-state index < -0.39 is 5.97 Å². The van der Waals surface area contributed by atoms with Crippen LogP contribution < -0.4 is 5.32 Å². The predicted octanol–water partition coefficient (Wildman–Crippen LogP) is 1.75. The zero-order valence-corrected chi connectivity index (χ0v) is 10.9. The van der Waals surface area contributed by atoms with Crippen molar-refractivity contribution in [2.45, 2.75) is 0 Å². The van der Waals surface area contributed by atoms with Crippen molar-refractivity contribution in [3.63, 3.8) is 0 Å². The van der Waals surface area contributed by atoms with Crippen molar-refractivity contribution in [2.24, 2.45) is 0 Å². The molecule has 0 unspecified atom stereocenters. The summed E-state index contributed by atoms with van der Waals surface area (Å²) in [5, 5.41) is 2.41. The van der Waals surface area contributed by atoms with Crippen LogP contribution in [0.15, 0.2) is 34.8 Å². The van der Waals surface area contributed by atoms with Crippen molar-refractivity contribution in [1.29, 1.82) is 0 Å². The van der Waals surface area contributed by atoms with E-state index in [-0.39, 0.29) is 12.5 Å². The van der Waals surface area contributed by atoms with Crippen molar-refractivity contribution >= 4 is 33.9 Å². The third-order valence-electron chi connectivity index (χ3n) is 1.93. The fraction of sp³-hybridized carbons (Fsp3) is 0.167. The van der Waals surface area contributed by atoms with Crippen molar-refractivity contribution in [2.75, 3.05) is 13.7 Å². The number of esters is 1. The minimum atomic E-state index is -0.476. The predicted molar refractivity (Wildman–Crippen MR) is 68.2 cm³/mol. The lowest BCUT2D eigenvalue weighted by atomic mass is 10.2. The molecule has 4 nitrogen and oxygen atoms in total. The molecule has 1 aromatic carbocycles. The molecule has 90 valence electrons. The minimum Gasteiger partial charge on any atom is -0.468 e. The molecule has 0 aromatic heterocycles. The van der Waals surface area contributed by atoms with Crippen LogP contribution in [-0.4, -0.2) is 25.5 Å². The Morgan fingerprint density at radius 2 is 2.00 bits per heavy atom. The number of benzene rings is 1. The maximum Gasteiger partial charge on any atom is 0.325 e. The number of carbonyl (C=O) groups excluding carboxylic acids is 2. The monoisotopic (exact) mass is 297 g/mol. The number of rotatable bonds is 4. The van der Waals surface area contributed by atoms with E-state index in [1.54, 1.807) is 6.08 Å². The second-order valence-corrected chi connectivity index (χ2v) is 4.09. The summed E-state index contributed by atoms with van der Waals surface area (Å²) < 4.78 is 5.37. The molecule has 0 aliphatic carbocycles. The summed E-state index contributed by atoms with van der Waals surface area (Å²) in [6.07, 6.45) is 3.03. The highest BCUT2D eigenvalue weighted by Crippen LogP contribution is 2.11. The van der Waals surface area contributed by atoms with Gasteiger partial charge in [0.25, 0.3) is 0 Å². The summed E-state index contributed by atoms with van der Waals surface area (Å²) in [7, 11) is 1.27. The van der Waals surface area contributed by atoms with Gasteiger partial charge in [-0.25, -0.2) is 0 Å². The molecule has 17 heavy (non-hydrogen) atoms. The first-order chi connectivity index (χ1) is 8.11. The molecule has 0 heterocycles. The molecule has 0 radical (unpaired) electrons. The number of carbonyl (C=O) groups is 2. The fourth-order valence-electron chi connectivity index (χ4n) is 1.04. The van der Waals surface area contributed by atoms with Crippen LogP contribution >= 0.6 is 15.9 Å². The van der Waals surface area contributed by atoms with Crippen LogP contribution in [0.3, 0.4) is 0 Å². The Labute approximate surface area is 108 Å². The highest BCUT2D eigenvalue weighted by atomic mass is 79.9. The van der Waals surface area contributed by atoms with E-state index in [2.05, 4.69) is 26.0 Å². The van der Waals surface area contributed by atoms with Gasteiger partial charge in [0.1, 0.15) is 6.54 Å². The summed E-state index contributed by atoms with van der Waals surface area (Å²) >= 11 is 3.32. The third kappa shape index (κ3) is 5.31. The van der Waals surface area contributed by atoms with Gasteiger partial charge < -0.3 is 10.1 Å². The average Bonchev–Trinajstić information content (AvgIpc) is 2.35. The first-order valence-electron chi connectivity index (χ1n) is 4.90. The zero-order valence-electron chi connectivity index (χ0n) is 9.27. The van der Waals surface area contributed by atoms with Gasteiger partial charge in [-0.2, -0.15) is 0 Å². The number of nitrogens with one attached hydrogen (secondary N) is 1. The maximum absolute atomic E-state index is 11.3. The molecular weight excluding hydrogens is 286 g/mol. The highest BCUT2D eigenvalue weighted by molar-refractivity contribution is 9.10. The van der Waals surface area contributed by atoms with Gasteiger partial charge in [-0.3, -0.25) is 9.59 Å². The topological polar surface area (TPSA) is 55.4 Å². The van der Waals surface area contributed by atoms with Crippen molar-refractivity contribution in [3.8, 4) is 0 Å². The first-order valence-corrected chi connectivity index (χ1v) is 5.69. The molecule has 1 aromatic rings. The smallest absolute Gasteiger partial charge is 0.325 e. The lowest BCUT2D eigenvalue weighted by Gasteiger charge is -1.99. The summed E-state index contributed by atoms with van der Waals surface area (Å²) in [6.45, 7) is -0.125. The van der Waals surface area contributed by atoms with E-state index in [1.807, 2.05) is 24.3 Å². The standard InChI is InChI=1S/C12H12BrNO3/c1-17-12(16)8-14-11(15)7-4-9-2-5-10(13)6-3-9/h2-7H,8H2,1H3,(H,14,15). The van der Waals surface area contributed by atoms with E-state index in [4.69, 9.17) is 0 Å². The Bertz CT molecular complexity index is 426. The van der Waals surface area contributed by atoms with Crippen LogP contribution in [0.25, 0.3) is 6.08 Å². The Morgan fingerprint density at radius 1 is 1.35 bits per heavy atom. The maximum atomic E-state index is 11.3. The molecule has 5 heteroatoms. The van der Waals surface area contributed by atoms with E-state index >= 15 is 0 Å². The van der Waals surface area contributed by atoms with Gasteiger partial charge in [-0.15, -0.1) is 0 Å². The molecule has 1 amide bonds. The fourth-order valence-corrected chi connectivity index (χ4v) is 1.30. The summed E-state index contributed by atoms with van der Waals surface area (Å²) in [5.74, 6) is -0.811. The van der Waals surface area contributed by atoms with Crippen LogP contribution in [0.4, 0.5) is 0 Å². The van der Waals surface area contributed by atoms with Crippen molar-refractivity contribution in [3.05, 3.63) is 40.4 Å². The molecule has 0 aliphatic rings. The molecule has 0 saturated carbocycles. The number of ether oxygens (including phenoxy) is 1. The molecule has 0 aliphatic heterocycles. The Kier molecular flexibility index (Phi) is 5.42. The molecular formula is C12H12BrNO3. The van der Waals surface area contributed by atoms with Gasteiger partial charge >= 0.3 is 5.97 Å². The Morgan fingerprint density at radius 3 is 2.59 bits per heavy atom. The molecule has 0 atom stereocenters. The van der Waals surface area contributed by atoms with Crippen LogP contribution in [0.5, 0.6) is 0 Å². The minimum absolute atomic E-state index is 0.125. The number of hydrogen-bond donors (Lipinski definition) is 1. The van der Waals surface area contributed by atoms with Crippen LogP contribution in [0, 0.1) is 0 Å². The van der Waals surface area contributed by atoms with E-state index in [9.17, 15) is 9.59 Å². The Balaban J connectivity index is 2.45. The lowest BCUT2D eigenvalue weighted by molar-refractivity contribution is -0.140. The van der Waals surface area contributed by atoms with Crippen LogP contribution in [-0.2, 0) is 14.3 Å². The van der Waals surface area contributed by atoms with Crippen LogP contribution in [0.1, 0.15) is 5.56 Å². The van der Waals surface area contributed by atoms with Crippen LogP contribution in [0.2, 0.25) is 0 Å². The highest BCUT2D eigenvalue weighted by Gasteiger charge is 2.01. The average molecular weight is 298 g/mol. The number of methoxy groups -OCH3 is 1. The molecule has 1 rings (SSSR count). The van der Waals surface area contributed by atoms with Crippen molar-refractivity contribution in [1.82, 2.24) is 5.32 Å². The summed E-state index contributed by atoms with van der Waals surface area (Å²) in [5.41, 5.74) is 0.904. The summed E-state index contributed by atoms with van der Waals surface area (Å²) in [6, 6.07) is 7.50. The van der Waals surface area contributed by atoms with E-state index in [1.165, 1.54) is 13.2 Å². The third-order valence-corrected chi connectivity index (χ3v) is 2.46. The van der Waals surface area contributed by atoms with Gasteiger partial charge in [0.2, 0.25) is 5.91 Å². The largest absolute Gasteiger partial charge is 0.468 e. The summed E-state index contributed by atoms with van der Waals surface area (Å²) in [4.78, 5) is 22.1. The van der Waals surface area contributed by atoms with Gasteiger partial charge in [0, 0.05) is 10.5 Å². The molecule has 1 N–H and O–H groups in total. The second kappa shape index (κ2) is 6.85. The SMILES string of the molecule is COC(=O)CNC(=O)C=Cc1ccc(Br)cc1. The quantitative estimate of drug-likeness (QED) is 0.680. The number of hydrogen-bond acceptors (Lipinski definition) is 3. The van der Waals surface area contributed by atoms with Gasteiger partial charge in [-0.1, -0.05) is 28.1 Å².